The average Bonchev–Trinajstić information content (AvgIpc) is 2.52. The van der Waals surface area contributed by atoms with E-state index in [1.54, 1.807) is 4.90 Å². The van der Waals surface area contributed by atoms with Gasteiger partial charge in [-0.1, -0.05) is 0 Å². The van der Waals surface area contributed by atoms with Gasteiger partial charge in [0.05, 0.1) is 13.0 Å². The van der Waals surface area contributed by atoms with E-state index >= 15 is 0 Å². The van der Waals surface area contributed by atoms with Gasteiger partial charge in [0.15, 0.2) is 0 Å². The van der Waals surface area contributed by atoms with Crippen LogP contribution in [0.3, 0.4) is 0 Å². The molecule has 4 nitrogen and oxygen atoms in total. The number of rotatable bonds is 3. The molecule has 1 heterocycles. The molecule has 0 aromatic heterocycles. The lowest BCUT2D eigenvalue weighted by molar-refractivity contribution is -0.192. The fraction of sp³-hybridized carbons (Fsp3) is 0.917. The molecular formula is C12H21F3N2O2. The summed E-state index contributed by atoms with van der Waals surface area (Å²) in [6.07, 6.45) is -4.22. The Morgan fingerprint density at radius 2 is 2.00 bits per heavy atom. The predicted molar refractivity (Wildman–Crippen MR) is 64.4 cm³/mol. The van der Waals surface area contributed by atoms with Crippen LogP contribution in [0.4, 0.5) is 13.2 Å². The molecular weight excluding hydrogens is 261 g/mol. The summed E-state index contributed by atoms with van der Waals surface area (Å²) in [5.74, 6) is -2.03. The quantitative estimate of drug-likeness (QED) is 0.798. The Labute approximate surface area is 111 Å². The van der Waals surface area contributed by atoms with Crippen molar-refractivity contribution in [3.8, 4) is 0 Å². The number of methoxy groups -OCH3 is 1. The summed E-state index contributed by atoms with van der Waals surface area (Å²) in [5.41, 5.74) is 3.44. The summed E-state index contributed by atoms with van der Waals surface area (Å²) in [7, 11) is 1.21. The summed E-state index contributed by atoms with van der Waals surface area (Å²) in [5, 5.41) is 0. The lowest BCUT2D eigenvalue weighted by Crippen LogP contribution is -2.58. The van der Waals surface area contributed by atoms with Crippen LogP contribution in [0.5, 0.6) is 0 Å². The van der Waals surface area contributed by atoms with Gasteiger partial charge >= 0.3 is 12.1 Å². The fourth-order valence-electron chi connectivity index (χ4n) is 2.69. The van der Waals surface area contributed by atoms with Gasteiger partial charge in [-0.15, -0.1) is 0 Å². The minimum absolute atomic E-state index is 0.0216. The highest BCUT2D eigenvalue weighted by molar-refractivity contribution is 5.80. The maximum absolute atomic E-state index is 12.9. The van der Waals surface area contributed by atoms with Crippen molar-refractivity contribution in [3.05, 3.63) is 0 Å². The van der Waals surface area contributed by atoms with E-state index in [0.717, 1.165) is 0 Å². The molecule has 1 fully saturated rings. The molecule has 1 rings (SSSR count). The van der Waals surface area contributed by atoms with Gasteiger partial charge in [-0.25, -0.2) is 0 Å². The second-order valence-corrected chi connectivity index (χ2v) is 5.87. The molecule has 0 spiro atoms. The van der Waals surface area contributed by atoms with E-state index in [1.807, 2.05) is 0 Å². The van der Waals surface area contributed by atoms with E-state index in [2.05, 4.69) is 4.74 Å². The van der Waals surface area contributed by atoms with Crippen LogP contribution in [0.25, 0.3) is 0 Å². The van der Waals surface area contributed by atoms with Crippen LogP contribution >= 0.6 is 0 Å². The zero-order valence-electron chi connectivity index (χ0n) is 11.7. The number of alkyl halides is 3. The van der Waals surface area contributed by atoms with Crippen molar-refractivity contribution in [2.45, 2.75) is 44.4 Å². The van der Waals surface area contributed by atoms with Crippen LogP contribution in [0.15, 0.2) is 0 Å². The van der Waals surface area contributed by atoms with E-state index in [4.69, 9.17) is 5.73 Å². The molecule has 2 atom stereocenters. The monoisotopic (exact) mass is 282 g/mol. The van der Waals surface area contributed by atoms with Crippen LogP contribution < -0.4 is 5.73 Å². The number of carbonyl (C=O) groups excluding carboxylic acids is 1. The number of esters is 1. The Bertz CT molecular complexity index is 353. The van der Waals surface area contributed by atoms with Crippen LogP contribution in [-0.4, -0.2) is 48.3 Å². The predicted octanol–water partition coefficient (Wildman–Crippen LogP) is 1.54. The third-order valence-electron chi connectivity index (χ3n) is 3.92. The molecule has 0 amide bonds. The van der Waals surface area contributed by atoms with E-state index in [-0.39, 0.29) is 19.5 Å². The zero-order valence-corrected chi connectivity index (χ0v) is 11.7. The standard InChI is InChI=1S/C12H21F3N2O2/c1-10(2)8(12(13,14)15)5-6-17(10)7-11(3,16)9(18)19-4/h8H,5-7,16H2,1-4H3. The normalized spacial score (nSPS) is 27.1. The first kappa shape index (κ1) is 16.2. The van der Waals surface area contributed by atoms with Crippen molar-refractivity contribution in [1.82, 2.24) is 4.90 Å². The largest absolute Gasteiger partial charge is 0.468 e. The third-order valence-corrected chi connectivity index (χ3v) is 3.92. The topological polar surface area (TPSA) is 55.6 Å². The lowest BCUT2D eigenvalue weighted by Gasteiger charge is -2.39. The Morgan fingerprint density at radius 3 is 2.37 bits per heavy atom. The third kappa shape index (κ3) is 3.20. The molecule has 0 saturated carbocycles. The van der Waals surface area contributed by atoms with Crippen molar-refractivity contribution in [1.29, 1.82) is 0 Å². The van der Waals surface area contributed by atoms with Crippen molar-refractivity contribution >= 4 is 5.97 Å². The number of nitrogens with two attached hydrogens (primary N) is 1. The van der Waals surface area contributed by atoms with Crippen molar-refractivity contribution in [2.75, 3.05) is 20.2 Å². The Morgan fingerprint density at radius 1 is 1.47 bits per heavy atom. The van der Waals surface area contributed by atoms with Crippen molar-refractivity contribution in [3.63, 3.8) is 0 Å². The highest BCUT2D eigenvalue weighted by Crippen LogP contribution is 2.44. The van der Waals surface area contributed by atoms with Crippen LogP contribution in [-0.2, 0) is 9.53 Å². The number of ether oxygens (including phenoxy) is 1. The highest BCUT2D eigenvalue weighted by Gasteiger charge is 2.55. The van der Waals surface area contributed by atoms with Crippen molar-refractivity contribution < 1.29 is 22.7 Å². The van der Waals surface area contributed by atoms with Crippen LogP contribution in [0.1, 0.15) is 27.2 Å². The molecule has 1 aliphatic heterocycles. The highest BCUT2D eigenvalue weighted by atomic mass is 19.4. The molecule has 19 heavy (non-hydrogen) atoms. The van der Waals surface area contributed by atoms with Gasteiger partial charge in [-0.05, 0) is 33.7 Å². The molecule has 1 saturated heterocycles. The minimum atomic E-state index is -4.24. The van der Waals surface area contributed by atoms with E-state index in [9.17, 15) is 18.0 Å². The Balaban J connectivity index is 2.85. The first-order valence-electron chi connectivity index (χ1n) is 6.12. The molecule has 2 N–H and O–H groups in total. The number of halogens is 3. The van der Waals surface area contributed by atoms with E-state index in [1.165, 1.54) is 27.9 Å². The van der Waals surface area contributed by atoms with Gasteiger partial charge in [0.25, 0.3) is 0 Å². The number of likely N-dealkylation sites (tertiary alicyclic amines) is 1. The zero-order chi connectivity index (χ0) is 15.1. The van der Waals surface area contributed by atoms with Gasteiger partial charge in [-0.3, -0.25) is 9.69 Å². The van der Waals surface area contributed by atoms with Gasteiger partial charge in [0.2, 0.25) is 0 Å². The molecule has 7 heteroatoms. The maximum atomic E-state index is 12.9. The second kappa shape index (κ2) is 4.94. The first-order chi connectivity index (χ1) is 8.43. The summed E-state index contributed by atoms with van der Waals surface area (Å²) < 4.78 is 43.4. The molecule has 0 aliphatic carbocycles. The molecule has 0 radical (unpaired) electrons. The molecule has 0 bridgehead atoms. The number of nitrogens with zero attached hydrogens (tertiary/aromatic N) is 1. The van der Waals surface area contributed by atoms with Crippen LogP contribution in [0.2, 0.25) is 0 Å². The Hall–Kier alpha value is -0.820. The smallest absolute Gasteiger partial charge is 0.393 e. The van der Waals surface area contributed by atoms with E-state index < -0.39 is 29.1 Å². The molecule has 0 aromatic rings. The van der Waals surface area contributed by atoms with Gasteiger partial charge < -0.3 is 10.5 Å². The summed E-state index contributed by atoms with van der Waals surface area (Å²) >= 11 is 0. The number of hydrogen-bond donors (Lipinski definition) is 1. The Kier molecular flexibility index (Phi) is 4.22. The maximum Gasteiger partial charge on any atom is 0.393 e. The van der Waals surface area contributed by atoms with Gasteiger partial charge in [-0.2, -0.15) is 13.2 Å². The average molecular weight is 282 g/mol. The van der Waals surface area contributed by atoms with Crippen molar-refractivity contribution in [2.24, 2.45) is 11.7 Å². The second-order valence-electron chi connectivity index (χ2n) is 5.87. The number of carbonyl (C=O) groups is 1. The van der Waals surface area contributed by atoms with Gasteiger partial charge in [0.1, 0.15) is 5.54 Å². The molecule has 2 unspecified atom stereocenters. The van der Waals surface area contributed by atoms with Crippen LogP contribution in [0, 0.1) is 5.92 Å². The lowest BCUT2D eigenvalue weighted by atomic mass is 9.87. The molecule has 1 aliphatic rings. The van der Waals surface area contributed by atoms with Gasteiger partial charge in [0, 0.05) is 12.1 Å². The summed E-state index contributed by atoms with van der Waals surface area (Å²) in [6, 6.07) is 0. The first-order valence-corrected chi connectivity index (χ1v) is 6.12. The summed E-state index contributed by atoms with van der Waals surface area (Å²) in [6.45, 7) is 4.84. The molecule has 112 valence electrons. The molecule has 0 aromatic carbocycles. The SMILES string of the molecule is COC(=O)C(C)(N)CN1CCC(C(F)(F)F)C1(C)C. The fourth-order valence-corrected chi connectivity index (χ4v) is 2.69. The number of hydrogen-bond acceptors (Lipinski definition) is 4. The van der Waals surface area contributed by atoms with E-state index in [0.29, 0.717) is 0 Å². The minimum Gasteiger partial charge on any atom is -0.468 e. The summed E-state index contributed by atoms with van der Waals surface area (Å²) in [4.78, 5) is 13.1.